The largest absolute Gasteiger partial charge is 0.493 e. The third-order valence-electron chi connectivity index (χ3n) is 5.13. The summed E-state index contributed by atoms with van der Waals surface area (Å²) in [6.45, 7) is 2.95. The highest BCUT2D eigenvalue weighted by Crippen LogP contribution is 2.54. The summed E-state index contributed by atoms with van der Waals surface area (Å²) in [5.41, 5.74) is 8.73. The molecule has 0 bridgehead atoms. The van der Waals surface area contributed by atoms with Gasteiger partial charge in [-0.3, -0.25) is 0 Å². The molecule has 0 saturated carbocycles. The number of hydrogen-bond acceptors (Lipinski definition) is 7. The summed E-state index contributed by atoms with van der Waals surface area (Å²) < 4.78 is 17.9. The molecule has 2 N–H and O–H groups in total. The number of amidine groups is 1. The Morgan fingerprint density at radius 3 is 2.72 bits per heavy atom. The zero-order valence-electron chi connectivity index (χ0n) is 16.0. The van der Waals surface area contributed by atoms with Crippen LogP contribution in [0.5, 0.6) is 17.2 Å². The molecule has 7 heteroatoms. The first-order chi connectivity index (χ1) is 14.2. The second kappa shape index (κ2) is 6.77. The molecule has 0 saturated heterocycles. The van der Waals surface area contributed by atoms with Crippen LogP contribution in [-0.4, -0.2) is 29.2 Å². The van der Waals surface area contributed by atoms with Crippen LogP contribution in [0.4, 0.5) is 0 Å². The van der Waals surface area contributed by atoms with Gasteiger partial charge in [0.25, 0.3) is 6.02 Å². The highest BCUT2D eigenvalue weighted by Gasteiger charge is 2.49. The van der Waals surface area contributed by atoms with Crippen molar-refractivity contribution in [2.24, 2.45) is 10.7 Å². The molecule has 1 unspecified atom stereocenters. The molecular formula is C22H20N4O3. The Morgan fingerprint density at radius 2 is 1.97 bits per heavy atom. The van der Waals surface area contributed by atoms with Crippen LogP contribution in [0.2, 0.25) is 0 Å². The summed E-state index contributed by atoms with van der Waals surface area (Å²) >= 11 is 0. The van der Waals surface area contributed by atoms with Crippen molar-refractivity contribution in [1.29, 1.82) is 0 Å². The van der Waals surface area contributed by atoms with E-state index in [0.717, 1.165) is 34.4 Å². The fourth-order valence-electron chi connectivity index (χ4n) is 3.86. The maximum absolute atomic E-state index is 6.23. The fourth-order valence-corrected chi connectivity index (χ4v) is 3.86. The molecule has 29 heavy (non-hydrogen) atoms. The summed E-state index contributed by atoms with van der Waals surface area (Å²) in [5.74, 6) is 2.14. The minimum atomic E-state index is -0.830. The molecule has 3 heterocycles. The van der Waals surface area contributed by atoms with Crippen molar-refractivity contribution in [3.05, 3.63) is 66.2 Å². The highest BCUT2D eigenvalue weighted by atomic mass is 16.5. The van der Waals surface area contributed by atoms with Crippen LogP contribution >= 0.6 is 0 Å². The first-order valence-corrected chi connectivity index (χ1v) is 9.53. The van der Waals surface area contributed by atoms with E-state index in [4.69, 9.17) is 24.9 Å². The van der Waals surface area contributed by atoms with E-state index in [1.54, 1.807) is 12.4 Å². The van der Waals surface area contributed by atoms with Gasteiger partial charge in [-0.05, 0) is 36.2 Å². The second-order valence-electron chi connectivity index (χ2n) is 7.02. The Hall–Kier alpha value is -3.61. The zero-order valence-corrected chi connectivity index (χ0v) is 16.0. The summed E-state index contributed by atoms with van der Waals surface area (Å²) in [4.78, 5) is 13.0. The van der Waals surface area contributed by atoms with Crippen LogP contribution < -0.4 is 15.2 Å². The molecular weight excluding hydrogens is 368 g/mol. The van der Waals surface area contributed by atoms with Crippen molar-refractivity contribution < 1.29 is 14.2 Å². The van der Waals surface area contributed by atoms with Gasteiger partial charge < -0.3 is 19.9 Å². The number of aliphatic imine (C=N–C) groups is 1. The summed E-state index contributed by atoms with van der Waals surface area (Å²) in [6, 6.07) is 11.9. The molecule has 146 valence electrons. The topological polar surface area (TPSA) is 91.9 Å². The van der Waals surface area contributed by atoms with Crippen molar-refractivity contribution >= 4 is 6.02 Å². The third-order valence-corrected chi connectivity index (χ3v) is 5.13. The van der Waals surface area contributed by atoms with Crippen molar-refractivity contribution in [3.63, 3.8) is 0 Å². The van der Waals surface area contributed by atoms with Gasteiger partial charge in [0.05, 0.1) is 12.2 Å². The van der Waals surface area contributed by atoms with Crippen LogP contribution in [0.15, 0.2) is 60.1 Å². The minimum absolute atomic E-state index is 0.155. The fraction of sp³-hybridized carbons (Fsp3) is 0.227. The van der Waals surface area contributed by atoms with E-state index in [-0.39, 0.29) is 12.6 Å². The van der Waals surface area contributed by atoms with Crippen molar-refractivity contribution in [2.45, 2.75) is 18.9 Å². The van der Waals surface area contributed by atoms with Crippen molar-refractivity contribution in [1.82, 2.24) is 9.97 Å². The number of ether oxygens (including phenoxy) is 3. The minimum Gasteiger partial charge on any atom is -0.493 e. The molecule has 0 aliphatic carbocycles. The Bertz CT molecular complexity index is 1100. The number of rotatable bonds is 4. The Morgan fingerprint density at radius 1 is 1.10 bits per heavy atom. The number of fused-ring (bicyclic) bond motifs is 4. The Kier molecular flexibility index (Phi) is 4.08. The summed E-state index contributed by atoms with van der Waals surface area (Å²) in [6.07, 6.45) is 5.96. The smallest absolute Gasteiger partial charge is 0.283 e. The van der Waals surface area contributed by atoms with E-state index >= 15 is 0 Å². The maximum atomic E-state index is 6.23. The monoisotopic (exact) mass is 388 g/mol. The second-order valence-corrected chi connectivity index (χ2v) is 7.02. The van der Waals surface area contributed by atoms with Crippen LogP contribution in [0.1, 0.15) is 24.5 Å². The van der Waals surface area contributed by atoms with Gasteiger partial charge in [-0.2, -0.15) is 0 Å². The molecule has 7 nitrogen and oxygen atoms in total. The molecule has 0 radical (unpaired) electrons. The lowest BCUT2D eigenvalue weighted by atomic mass is 9.80. The van der Waals surface area contributed by atoms with E-state index in [9.17, 15) is 0 Å². The molecule has 0 amide bonds. The van der Waals surface area contributed by atoms with Crippen LogP contribution in [0, 0.1) is 0 Å². The van der Waals surface area contributed by atoms with Gasteiger partial charge in [0, 0.05) is 23.5 Å². The van der Waals surface area contributed by atoms with Crippen LogP contribution in [-0.2, 0) is 10.3 Å². The predicted octanol–water partition coefficient (Wildman–Crippen LogP) is 3.63. The average molecular weight is 388 g/mol. The average Bonchev–Trinajstić information content (AvgIpc) is 3.14. The van der Waals surface area contributed by atoms with E-state index < -0.39 is 5.54 Å². The third kappa shape index (κ3) is 2.77. The Labute approximate surface area is 168 Å². The molecule has 3 aromatic rings. The van der Waals surface area contributed by atoms with Crippen molar-refractivity contribution in [3.8, 4) is 28.4 Å². The first kappa shape index (κ1) is 17.5. The SMILES string of the molecule is CCCOc1cccc2c1C1(COC(N)=N1)c1cc(-c3cncnc3)ccc1O2. The van der Waals surface area contributed by atoms with Gasteiger partial charge in [-0.15, -0.1) is 0 Å². The normalized spacial score (nSPS) is 19.0. The lowest BCUT2D eigenvalue weighted by molar-refractivity contribution is 0.251. The Balaban J connectivity index is 1.72. The molecule has 2 aliphatic heterocycles. The molecule has 5 rings (SSSR count). The number of nitrogens with zero attached hydrogens (tertiary/aromatic N) is 3. The number of benzene rings is 2. The predicted molar refractivity (Wildman–Crippen MR) is 108 cm³/mol. The number of aromatic nitrogens is 2. The van der Waals surface area contributed by atoms with Gasteiger partial charge in [-0.25, -0.2) is 15.0 Å². The lowest BCUT2D eigenvalue weighted by Gasteiger charge is -2.34. The molecule has 1 aromatic heterocycles. The number of nitrogens with two attached hydrogens (primary N) is 1. The lowest BCUT2D eigenvalue weighted by Crippen LogP contribution is -2.31. The summed E-state index contributed by atoms with van der Waals surface area (Å²) in [7, 11) is 0. The number of hydrogen-bond donors (Lipinski definition) is 1. The van der Waals surface area contributed by atoms with Gasteiger partial charge in [0.15, 0.2) is 5.54 Å². The van der Waals surface area contributed by atoms with E-state index in [0.29, 0.717) is 18.1 Å². The molecule has 2 aromatic carbocycles. The zero-order chi connectivity index (χ0) is 19.8. The highest BCUT2D eigenvalue weighted by molar-refractivity contribution is 5.78. The summed E-state index contributed by atoms with van der Waals surface area (Å²) in [5, 5.41) is 0. The van der Waals surface area contributed by atoms with E-state index in [1.165, 1.54) is 6.33 Å². The van der Waals surface area contributed by atoms with Crippen LogP contribution in [0.25, 0.3) is 11.1 Å². The quantitative estimate of drug-likeness (QED) is 0.734. The first-order valence-electron chi connectivity index (χ1n) is 9.53. The van der Waals surface area contributed by atoms with Gasteiger partial charge in [0.2, 0.25) is 0 Å². The maximum Gasteiger partial charge on any atom is 0.283 e. The molecule has 1 spiro atoms. The van der Waals surface area contributed by atoms with Gasteiger partial charge in [0.1, 0.15) is 30.2 Å². The molecule has 1 atom stereocenters. The van der Waals surface area contributed by atoms with Gasteiger partial charge in [-0.1, -0.05) is 19.1 Å². The van der Waals surface area contributed by atoms with Crippen molar-refractivity contribution in [2.75, 3.05) is 13.2 Å². The standard InChI is InChI=1S/C22H20N4O3/c1-2-8-27-18-4-3-5-19-20(18)22(12-28-21(23)26-22)16-9-14(6-7-17(16)29-19)15-10-24-13-25-11-15/h3-7,9-11,13H,2,8,12H2,1H3,(H2,23,26). The molecule has 0 fully saturated rings. The van der Waals surface area contributed by atoms with E-state index in [1.807, 2.05) is 36.4 Å². The molecule has 2 aliphatic rings. The van der Waals surface area contributed by atoms with E-state index in [2.05, 4.69) is 16.9 Å². The van der Waals surface area contributed by atoms with Gasteiger partial charge >= 0.3 is 0 Å². The van der Waals surface area contributed by atoms with Crippen LogP contribution in [0.3, 0.4) is 0 Å².